The molecule has 13 heavy (non-hydrogen) atoms. The van der Waals surface area contributed by atoms with Crippen LogP contribution in [0.5, 0.6) is 0 Å². The first-order chi connectivity index (χ1) is 5.98. The van der Waals surface area contributed by atoms with Crippen molar-refractivity contribution in [2.75, 3.05) is 0 Å². The van der Waals surface area contributed by atoms with Crippen molar-refractivity contribution in [1.29, 1.82) is 0 Å². The fourth-order valence-corrected chi connectivity index (χ4v) is 1.49. The third-order valence-electron chi connectivity index (χ3n) is 2.34. The smallest absolute Gasteiger partial charge is 0.200 e. The molecule has 0 bridgehead atoms. The van der Waals surface area contributed by atoms with Gasteiger partial charge in [-0.25, -0.2) is 4.98 Å². The van der Waals surface area contributed by atoms with Crippen molar-refractivity contribution in [3.05, 3.63) is 17.3 Å². The standard InChI is InChI=1S/C10H16N2O/c1-6-8-7(5-11-6)12-9(13-8)10(2,3)4/h6,11H,5H2,1-4H3. The first-order valence-electron chi connectivity index (χ1n) is 4.72. The van der Waals surface area contributed by atoms with E-state index in [4.69, 9.17) is 4.42 Å². The number of oxazole rings is 1. The zero-order chi connectivity index (χ0) is 9.64. The summed E-state index contributed by atoms with van der Waals surface area (Å²) < 4.78 is 5.73. The van der Waals surface area contributed by atoms with Gasteiger partial charge in [-0.1, -0.05) is 20.8 Å². The van der Waals surface area contributed by atoms with E-state index in [1.165, 1.54) is 0 Å². The van der Waals surface area contributed by atoms with Gasteiger partial charge in [0.25, 0.3) is 0 Å². The molecule has 0 saturated carbocycles. The van der Waals surface area contributed by atoms with Crippen LogP contribution in [-0.4, -0.2) is 4.98 Å². The molecule has 0 aliphatic carbocycles. The summed E-state index contributed by atoms with van der Waals surface area (Å²) in [7, 11) is 0. The van der Waals surface area contributed by atoms with Crippen molar-refractivity contribution in [3.63, 3.8) is 0 Å². The van der Waals surface area contributed by atoms with Crippen LogP contribution in [-0.2, 0) is 12.0 Å². The zero-order valence-corrected chi connectivity index (χ0v) is 8.64. The van der Waals surface area contributed by atoms with Crippen molar-refractivity contribution in [2.45, 2.75) is 45.7 Å². The van der Waals surface area contributed by atoms with E-state index in [-0.39, 0.29) is 5.41 Å². The van der Waals surface area contributed by atoms with Crippen LogP contribution in [0.15, 0.2) is 4.42 Å². The highest BCUT2D eigenvalue weighted by atomic mass is 16.4. The predicted octanol–water partition coefficient (Wildman–Crippen LogP) is 2.14. The minimum Gasteiger partial charge on any atom is -0.443 e. The Hall–Kier alpha value is -0.830. The van der Waals surface area contributed by atoms with Crippen molar-refractivity contribution in [3.8, 4) is 0 Å². The second kappa shape index (κ2) is 2.58. The van der Waals surface area contributed by atoms with E-state index in [0.717, 1.165) is 23.9 Å². The van der Waals surface area contributed by atoms with Crippen LogP contribution in [0.4, 0.5) is 0 Å². The lowest BCUT2D eigenvalue weighted by molar-refractivity contribution is 0.354. The van der Waals surface area contributed by atoms with Crippen LogP contribution < -0.4 is 5.32 Å². The Morgan fingerprint density at radius 2 is 2.15 bits per heavy atom. The van der Waals surface area contributed by atoms with Crippen LogP contribution in [0.1, 0.15) is 51.1 Å². The number of rotatable bonds is 0. The second-order valence-corrected chi connectivity index (χ2v) is 4.68. The van der Waals surface area contributed by atoms with Gasteiger partial charge in [-0.05, 0) is 6.92 Å². The van der Waals surface area contributed by atoms with Crippen LogP contribution in [0.2, 0.25) is 0 Å². The average Bonchev–Trinajstić information content (AvgIpc) is 2.51. The number of nitrogens with zero attached hydrogens (tertiary/aromatic N) is 1. The normalized spacial score (nSPS) is 22.0. The number of hydrogen-bond acceptors (Lipinski definition) is 3. The Morgan fingerprint density at radius 3 is 2.69 bits per heavy atom. The monoisotopic (exact) mass is 180 g/mol. The van der Waals surface area contributed by atoms with Gasteiger partial charge in [0, 0.05) is 12.0 Å². The van der Waals surface area contributed by atoms with Crippen LogP contribution in [0.3, 0.4) is 0 Å². The van der Waals surface area contributed by atoms with E-state index >= 15 is 0 Å². The summed E-state index contributed by atoms with van der Waals surface area (Å²) in [6.07, 6.45) is 0. The van der Waals surface area contributed by atoms with Gasteiger partial charge in [0.2, 0.25) is 0 Å². The molecule has 3 nitrogen and oxygen atoms in total. The third kappa shape index (κ3) is 1.37. The molecule has 1 unspecified atom stereocenters. The van der Waals surface area contributed by atoms with E-state index in [9.17, 15) is 0 Å². The molecular weight excluding hydrogens is 164 g/mol. The SMILES string of the molecule is CC1NCc2nc(C(C)(C)C)oc21. The predicted molar refractivity (Wildman–Crippen MR) is 50.5 cm³/mol. The summed E-state index contributed by atoms with van der Waals surface area (Å²) in [5.74, 6) is 1.87. The van der Waals surface area contributed by atoms with Gasteiger partial charge in [-0.2, -0.15) is 0 Å². The quantitative estimate of drug-likeness (QED) is 0.664. The highest BCUT2D eigenvalue weighted by Crippen LogP contribution is 2.30. The minimum atomic E-state index is 0.0179. The maximum Gasteiger partial charge on any atom is 0.200 e. The fourth-order valence-electron chi connectivity index (χ4n) is 1.49. The molecule has 1 aliphatic rings. The molecule has 0 aromatic carbocycles. The maximum atomic E-state index is 5.73. The Labute approximate surface area is 78.5 Å². The van der Waals surface area contributed by atoms with Crippen molar-refractivity contribution in [2.24, 2.45) is 0 Å². The van der Waals surface area contributed by atoms with Crippen molar-refractivity contribution < 1.29 is 4.42 Å². The van der Waals surface area contributed by atoms with E-state index in [0.29, 0.717) is 6.04 Å². The molecule has 1 aliphatic heterocycles. The third-order valence-corrected chi connectivity index (χ3v) is 2.34. The van der Waals surface area contributed by atoms with E-state index in [1.54, 1.807) is 0 Å². The highest BCUT2D eigenvalue weighted by molar-refractivity contribution is 5.20. The van der Waals surface area contributed by atoms with E-state index in [2.05, 4.69) is 38.0 Å². The number of nitrogens with one attached hydrogen (secondary N) is 1. The topological polar surface area (TPSA) is 38.1 Å². The van der Waals surface area contributed by atoms with Gasteiger partial charge in [0.05, 0.1) is 11.7 Å². The Balaban J connectivity index is 2.40. The highest BCUT2D eigenvalue weighted by Gasteiger charge is 2.29. The van der Waals surface area contributed by atoms with Crippen LogP contribution >= 0.6 is 0 Å². The second-order valence-electron chi connectivity index (χ2n) is 4.68. The van der Waals surface area contributed by atoms with Gasteiger partial charge < -0.3 is 9.73 Å². The molecule has 0 amide bonds. The lowest BCUT2D eigenvalue weighted by Crippen LogP contribution is -2.14. The molecule has 2 rings (SSSR count). The summed E-state index contributed by atoms with van der Waals surface area (Å²) in [6, 6.07) is 0.318. The lowest BCUT2D eigenvalue weighted by atomic mass is 9.97. The van der Waals surface area contributed by atoms with Gasteiger partial charge in [-0.3, -0.25) is 0 Å². The number of fused-ring (bicyclic) bond motifs is 1. The molecule has 3 heteroatoms. The molecule has 0 fully saturated rings. The summed E-state index contributed by atoms with van der Waals surface area (Å²) in [5, 5.41) is 3.29. The fraction of sp³-hybridized carbons (Fsp3) is 0.700. The van der Waals surface area contributed by atoms with Crippen LogP contribution in [0.25, 0.3) is 0 Å². The Kier molecular flexibility index (Phi) is 1.74. The summed E-state index contributed by atoms with van der Waals surface area (Å²) >= 11 is 0. The van der Waals surface area contributed by atoms with Gasteiger partial charge in [0.1, 0.15) is 5.76 Å². The molecule has 1 aromatic rings. The summed E-state index contributed by atoms with van der Waals surface area (Å²) in [6.45, 7) is 9.30. The number of aromatic nitrogens is 1. The largest absolute Gasteiger partial charge is 0.443 e. The Morgan fingerprint density at radius 1 is 1.46 bits per heavy atom. The average molecular weight is 180 g/mol. The van der Waals surface area contributed by atoms with Gasteiger partial charge in [0.15, 0.2) is 5.89 Å². The molecule has 0 spiro atoms. The molecule has 0 saturated heterocycles. The Bertz CT molecular complexity index is 322. The minimum absolute atomic E-state index is 0.0179. The first kappa shape index (κ1) is 8.75. The number of hydrogen-bond donors (Lipinski definition) is 1. The molecule has 2 heterocycles. The zero-order valence-electron chi connectivity index (χ0n) is 8.64. The van der Waals surface area contributed by atoms with Crippen molar-refractivity contribution >= 4 is 0 Å². The molecule has 72 valence electrons. The van der Waals surface area contributed by atoms with Gasteiger partial charge >= 0.3 is 0 Å². The molecule has 1 N–H and O–H groups in total. The lowest BCUT2D eigenvalue weighted by Gasteiger charge is -2.13. The van der Waals surface area contributed by atoms with Gasteiger partial charge in [-0.15, -0.1) is 0 Å². The molecule has 1 atom stereocenters. The summed E-state index contributed by atoms with van der Waals surface area (Å²) in [5.41, 5.74) is 1.10. The molecule has 1 aromatic heterocycles. The van der Waals surface area contributed by atoms with E-state index < -0.39 is 0 Å². The molecular formula is C10H16N2O. The summed E-state index contributed by atoms with van der Waals surface area (Å²) in [4.78, 5) is 4.48. The first-order valence-corrected chi connectivity index (χ1v) is 4.72. The molecule has 0 radical (unpaired) electrons. The van der Waals surface area contributed by atoms with E-state index in [1.807, 2.05) is 0 Å². The van der Waals surface area contributed by atoms with Crippen LogP contribution in [0, 0.1) is 0 Å². The maximum absolute atomic E-state index is 5.73. The van der Waals surface area contributed by atoms with Crippen molar-refractivity contribution in [1.82, 2.24) is 10.3 Å².